The third kappa shape index (κ3) is 4.33. The van der Waals surface area contributed by atoms with Crippen LogP contribution in [-0.2, 0) is 0 Å². The van der Waals surface area contributed by atoms with Gasteiger partial charge in [-0.05, 0) is 31.2 Å². The fourth-order valence-corrected chi connectivity index (χ4v) is 4.10. The van der Waals surface area contributed by atoms with Crippen LogP contribution in [0.2, 0.25) is 10.0 Å². The second kappa shape index (κ2) is 8.30. The minimum absolute atomic E-state index is 0.0818. The summed E-state index contributed by atoms with van der Waals surface area (Å²) in [5.74, 6) is 0.452. The van der Waals surface area contributed by atoms with Crippen molar-refractivity contribution in [2.24, 2.45) is 11.5 Å². The van der Waals surface area contributed by atoms with Gasteiger partial charge in [-0.1, -0.05) is 23.2 Å². The van der Waals surface area contributed by atoms with Gasteiger partial charge in [-0.2, -0.15) is 0 Å². The minimum atomic E-state index is -1.07. The predicted molar refractivity (Wildman–Crippen MR) is 124 cm³/mol. The Morgan fingerprint density at radius 1 is 1.38 bits per heavy atom. The van der Waals surface area contributed by atoms with E-state index in [1.165, 1.54) is 12.2 Å². The van der Waals surface area contributed by atoms with E-state index in [9.17, 15) is 10.1 Å². The normalized spacial score (nSPS) is 19.1. The molecule has 0 aliphatic carbocycles. The second-order valence-corrected chi connectivity index (χ2v) is 8.39. The van der Waals surface area contributed by atoms with E-state index < -0.39 is 10.6 Å². The van der Waals surface area contributed by atoms with Crippen LogP contribution in [0.1, 0.15) is 13.3 Å². The van der Waals surface area contributed by atoms with Gasteiger partial charge in [0.25, 0.3) is 0 Å². The monoisotopic (exact) mass is 474 g/mol. The fraction of sp³-hybridized carbons (Fsp3) is 0.200. The maximum atomic E-state index is 11.0. The van der Waals surface area contributed by atoms with Crippen molar-refractivity contribution in [2.75, 3.05) is 5.32 Å². The number of halogens is 2. The molecule has 0 radical (unpaired) electrons. The predicted octanol–water partition coefficient (Wildman–Crippen LogP) is 3.11. The molecular formula is C20H20Cl2N8O2. The molecule has 32 heavy (non-hydrogen) atoms. The molecule has 166 valence electrons. The summed E-state index contributed by atoms with van der Waals surface area (Å²) in [4.78, 5) is 19.5. The number of fused-ring (bicyclic) bond motifs is 1. The van der Waals surface area contributed by atoms with Gasteiger partial charge in [-0.3, -0.25) is 14.5 Å². The summed E-state index contributed by atoms with van der Waals surface area (Å²) < 4.78 is 1.80. The molecule has 3 heterocycles. The van der Waals surface area contributed by atoms with Gasteiger partial charge in [0.2, 0.25) is 5.95 Å². The summed E-state index contributed by atoms with van der Waals surface area (Å²) >= 11 is 12.4. The zero-order valence-electron chi connectivity index (χ0n) is 16.9. The number of nitrogens with two attached hydrogens (primary N) is 2. The number of rotatable bonds is 6. The Bertz CT molecular complexity index is 1270. The highest BCUT2D eigenvalue weighted by Gasteiger charge is 2.32. The third-order valence-corrected chi connectivity index (χ3v) is 5.54. The molecule has 1 aliphatic rings. The summed E-state index contributed by atoms with van der Waals surface area (Å²) in [5.41, 5.74) is 12.9. The van der Waals surface area contributed by atoms with Crippen molar-refractivity contribution in [1.82, 2.24) is 19.7 Å². The smallest absolute Gasteiger partial charge is 0.308 e. The van der Waals surface area contributed by atoms with Crippen molar-refractivity contribution in [1.29, 1.82) is 0 Å². The molecule has 2 atom stereocenters. The topological polar surface area (TPSA) is 149 Å². The van der Waals surface area contributed by atoms with Crippen LogP contribution in [0.5, 0.6) is 0 Å². The Kier molecular flexibility index (Phi) is 5.68. The average Bonchev–Trinajstić information content (AvgIpc) is 3.16. The van der Waals surface area contributed by atoms with Crippen molar-refractivity contribution in [3.8, 4) is 11.3 Å². The van der Waals surface area contributed by atoms with Gasteiger partial charge in [0.05, 0.1) is 15.6 Å². The molecule has 0 spiro atoms. The summed E-state index contributed by atoms with van der Waals surface area (Å²) in [6, 6.07) is 6.82. The average molecular weight is 475 g/mol. The molecule has 0 amide bonds. The maximum absolute atomic E-state index is 11.0. The van der Waals surface area contributed by atoms with E-state index in [1.807, 2.05) is 13.0 Å². The number of aromatic nitrogens is 3. The van der Waals surface area contributed by atoms with E-state index in [-0.39, 0.29) is 17.6 Å². The first-order valence-electron chi connectivity index (χ1n) is 9.62. The highest BCUT2D eigenvalue weighted by molar-refractivity contribution is 6.36. The second-order valence-electron chi connectivity index (χ2n) is 7.55. The number of anilines is 1. The van der Waals surface area contributed by atoms with Crippen molar-refractivity contribution in [2.45, 2.75) is 25.0 Å². The van der Waals surface area contributed by atoms with E-state index in [0.29, 0.717) is 33.8 Å². The molecule has 1 aliphatic heterocycles. The van der Waals surface area contributed by atoms with E-state index >= 15 is 0 Å². The molecule has 0 saturated heterocycles. The number of hydrogen-bond donors (Lipinski definition) is 4. The highest BCUT2D eigenvalue weighted by atomic mass is 35.5. The van der Waals surface area contributed by atoms with E-state index in [0.717, 1.165) is 5.56 Å². The van der Waals surface area contributed by atoms with Crippen molar-refractivity contribution in [3.05, 3.63) is 80.5 Å². The summed E-state index contributed by atoms with van der Waals surface area (Å²) in [6.45, 7) is 1.92. The molecule has 0 bridgehead atoms. The summed E-state index contributed by atoms with van der Waals surface area (Å²) in [7, 11) is 0. The van der Waals surface area contributed by atoms with Crippen LogP contribution in [0.25, 0.3) is 16.9 Å². The number of hydrogen-bond acceptors (Lipinski definition) is 8. The number of nitrogens with zero attached hydrogens (tertiary/aromatic N) is 4. The zero-order valence-corrected chi connectivity index (χ0v) is 18.4. The standard InChI is InChI=1S/C20H20Cl2N8O2/c1-11(10-20(24)5-4-16(30(31)32)18(23)28-20)26-19-27-15(9-17-25-6-7-29(17)19)13-3-2-12(21)8-14(13)22/h2-9,11,28H,10,23-24H2,1H3,(H,26,27). The number of benzene rings is 1. The van der Waals surface area contributed by atoms with Gasteiger partial charge in [-0.15, -0.1) is 0 Å². The molecule has 12 heteroatoms. The van der Waals surface area contributed by atoms with Gasteiger partial charge in [0, 0.05) is 47.6 Å². The molecule has 3 aromatic rings. The Morgan fingerprint density at radius 3 is 2.84 bits per heavy atom. The highest BCUT2D eigenvalue weighted by Crippen LogP contribution is 2.31. The maximum Gasteiger partial charge on any atom is 0.308 e. The largest absolute Gasteiger partial charge is 0.380 e. The molecule has 2 unspecified atom stereocenters. The first-order valence-corrected chi connectivity index (χ1v) is 10.4. The molecular weight excluding hydrogens is 455 g/mol. The van der Waals surface area contributed by atoms with Gasteiger partial charge >= 0.3 is 5.70 Å². The van der Waals surface area contributed by atoms with Gasteiger partial charge in [-0.25, -0.2) is 9.97 Å². The van der Waals surface area contributed by atoms with Crippen LogP contribution in [0, 0.1) is 10.1 Å². The number of dihydropyridines is 1. The SMILES string of the molecule is CC(CC1(N)C=CC([N+](=O)[O-])=C(N)N1)Nc1nc(-c2ccc(Cl)cc2Cl)cc2nccn12. The van der Waals surface area contributed by atoms with Crippen LogP contribution < -0.4 is 22.1 Å². The van der Waals surface area contributed by atoms with Crippen LogP contribution >= 0.6 is 23.2 Å². The lowest BCUT2D eigenvalue weighted by atomic mass is 9.98. The first-order chi connectivity index (χ1) is 15.1. The van der Waals surface area contributed by atoms with E-state index in [1.54, 1.807) is 35.0 Å². The summed E-state index contributed by atoms with van der Waals surface area (Å²) in [6.07, 6.45) is 6.66. The lowest BCUT2D eigenvalue weighted by Gasteiger charge is -2.33. The van der Waals surface area contributed by atoms with Crippen molar-refractivity contribution >= 4 is 34.8 Å². The Labute approximate surface area is 193 Å². The Morgan fingerprint density at radius 2 is 2.16 bits per heavy atom. The van der Waals surface area contributed by atoms with E-state index in [2.05, 4.69) is 15.6 Å². The number of imidazole rings is 1. The molecule has 2 aromatic heterocycles. The first kappa shape index (κ1) is 21.9. The molecule has 0 saturated carbocycles. The molecule has 0 fully saturated rings. The van der Waals surface area contributed by atoms with Gasteiger partial charge in [0.15, 0.2) is 5.82 Å². The van der Waals surface area contributed by atoms with Gasteiger partial charge < -0.3 is 22.1 Å². The number of nitrogens with one attached hydrogen (secondary N) is 2. The van der Waals surface area contributed by atoms with Gasteiger partial charge in [0.1, 0.15) is 11.3 Å². The quantitative estimate of drug-likeness (QED) is 0.314. The zero-order chi connectivity index (χ0) is 23.0. The fourth-order valence-electron chi connectivity index (χ4n) is 3.59. The molecule has 6 N–H and O–H groups in total. The molecule has 1 aromatic carbocycles. The van der Waals surface area contributed by atoms with Crippen molar-refractivity contribution in [3.63, 3.8) is 0 Å². The lowest BCUT2D eigenvalue weighted by molar-refractivity contribution is -0.421. The Hall–Kier alpha value is -3.34. The molecule has 4 rings (SSSR count). The minimum Gasteiger partial charge on any atom is -0.380 e. The number of allylic oxidation sites excluding steroid dienone is 1. The van der Waals surface area contributed by atoms with E-state index in [4.69, 9.17) is 39.7 Å². The van der Waals surface area contributed by atoms with Crippen LogP contribution in [0.15, 0.2) is 60.3 Å². The molecule has 10 nitrogen and oxygen atoms in total. The van der Waals surface area contributed by atoms with Crippen LogP contribution in [0.3, 0.4) is 0 Å². The third-order valence-electron chi connectivity index (χ3n) is 4.99. The Balaban J connectivity index is 1.60. The summed E-state index contributed by atoms with van der Waals surface area (Å²) in [5, 5.41) is 18.2. The number of nitro groups is 1. The van der Waals surface area contributed by atoms with Crippen molar-refractivity contribution < 1.29 is 4.92 Å². The lowest BCUT2D eigenvalue weighted by Crippen LogP contribution is -2.56. The van der Waals surface area contributed by atoms with Crippen LogP contribution in [0.4, 0.5) is 5.95 Å². The van der Waals surface area contributed by atoms with Crippen LogP contribution in [-0.4, -0.2) is 31.0 Å².